The number of pyridine rings is 1. The Kier molecular flexibility index (Phi) is 7.67. The number of primary amides is 1. The molecule has 0 radical (unpaired) electrons. The quantitative estimate of drug-likeness (QED) is 0.360. The van der Waals surface area contributed by atoms with Crippen molar-refractivity contribution in [3.05, 3.63) is 64.9 Å². The van der Waals surface area contributed by atoms with Gasteiger partial charge >= 0.3 is 0 Å². The summed E-state index contributed by atoms with van der Waals surface area (Å²) in [5, 5.41) is 23.4. The Morgan fingerprint density at radius 2 is 1.92 bits per heavy atom. The lowest BCUT2D eigenvalue weighted by molar-refractivity contribution is 0.00158. The summed E-state index contributed by atoms with van der Waals surface area (Å²) in [6.07, 6.45) is 0. The molecule has 4 rings (SSSR count). The highest BCUT2D eigenvalue weighted by Crippen LogP contribution is 2.40. The normalized spacial score (nSPS) is 15.6. The Balaban J connectivity index is 1.67. The number of thiophene rings is 1. The van der Waals surface area contributed by atoms with Gasteiger partial charge in [0.15, 0.2) is 0 Å². The highest BCUT2D eigenvalue weighted by atomic mass is 32.1. The van der Waals surface area contributed by atoms with E-state index in [-0.39, 0.29) is 39.2 Å². The van der Waals surface area contributed by atoms with Crippen molar-refractivity contribution in [1.82, 2.24) is 9.88 Å². The predicted octanol–water partition coefficient (Wildman–Crippen LogP) is 3.52. The summed E-state index contributed by atoms with van der Waals surface area (Å²) in [4.78, 5) is 19.0. The maximum atomic E-state index is 14.9. The number of rotatable bonds is 8. The summed E-state index contributed by atoms with van der Waals surface area (Å²) < 4.78 is 35.2. The van der Waals surface area contributed by atoms with Crippen LogP contribution in [0.25, 0.3) is 10.4 Å². The highest BCUT2D eigenvalue weighted by Gasteiger charge is 2.26. The van der Waals surface area contributed by atoms with Crippen LogP contribution in [0.4, 0.5) is 19.6 Å². The molecule has 1 fully saturated rings. The molecule has 3 heterocycles. The second kappa shape index (κ2) is 10.6. The van der Waals surface area contributed by atoms with Crippen LogP contribution >= 0.6 is 11.3 Å². The molecule has 1 aromatic carbocycles. The van der Waals surface area contributed by atoms with Crippen LogP contribution in [0.1, 0.15) is 41.5 Å². The zero-order valence-corrected chi connectivity index (χ0v) is 20.7. The standard InChI is InChI=1S/C25H28F2N4O4S/c1-25(2,34)14-10-16(26)22(17(27)11-14)20-12-15(23(28)33)24(36-20)30-21-5-3-4-18(29-21)19(13-32)31-6-8-35-9-7-31/h3-5,10-12,19,32,34H,6-9,13H2,1-2H3,(H2,28,33)(H,29,30)/t19-/m1/s1. The molecule has 1 atom stereocenters. The first-order valence-electron chi connectivity index (χ1n) is 11.4. The van der Waals surface area contributed by atoms with Crippen molar-refractivity contribution in [2.24, 2.45) is 5.73 Å². The molecule has 8 nitrogen and oxygen atoms in total. The van der Waals surface area contributed by atoms with Crippen LogP contribution in [0, 0.1) is 11.6 Å². The molecule has 0 spiro atoms. The Hall–Kier alpha value is -2.96. The number of hydrogen-bond acceptors (Lipinski definition) is 8. The smallest absolute Gasteiger partial charge is 0.251 e. The molecule has 0 aliphatic carbocycles. The molecular formula is C25H28F2N4O4S. The number of amides is 1. The fourth-order valence-corrected chi connectivity index (χ4v) is 5.18. The van der Waals surface area contributed by atoms with Crippen molar-refractivity contribution < 1.29 is 28.5 Å². The van der Waals surface area contributed by atoms with Gasteiger partial charge in [-0.15, -0.1) is 11.3 Å². The molecule has 36 heavy (non-hydrogen) atoms. The average Bonchev–Trinajstić information content (AvgIpc) is 3.23. The summed E-state index contributed by atoms with van der Waals surface area (Å²) in [5.41, 5.74) is 4.57. The molecular weight excluding hydrogens is 490 g/mol. The van der Waals surface area contributed by atoms with E-state index >= 15 is 0 Å². The van der Waals surface area contributed by atoms with Gasteiger partial charge in [-0.2, -0.15) is 0 Å². The number of morpholine rings is 1. The minimum absolute atomic E-state index is 0.0551. The van der Waals surface area contributed by atoms with E-state index in [0.29, 0.717) is 37.8 Å². The third-order valence-electron chi connectivity index (χ3n) is 6.01. The number of nitrogens with two attached hydrogens (primary N) is 1. The number of benzene rings is 1. The molecule has 1 saturated heterocycles. The summed E-state index contributed by atoms with van der Waals surface area (Å²) in [7, 11) is 0. The zero-order valence-electron chi connectivity index (χ0n) is 19.9. The number of ether oxygens (including phenoxy) is 1. The van der Waals surface area contributed by atoms with Crippen LogP contribution in [0.5, 0.6) is 0 Å². The molecule has 1 aliphatic heterocycles. The fourth-order valence-electron chi connectivity index (χ4n) is 4.06. The molecule has 2 aromatic heterocycles. The van der Waals surface area contributed by atoms with Crippen molar-refractivity contribution in [2.45, 2.75) is 25.5 Å². The fraction of sp³-hybridized carbons (Fsp3) is 0.360. The van der Waals surface area contributed by atoms with Gasteiger partial charge in [-0.25, -0.2) is 13.8 Å². The first-order chi connectivity index (χ1) is 17.1. The lowest BCUT2D eigenvalue weighted by Crippen LogP contribution is -2.40. The second-order valence-electron chi connectivity index (χ2n) is 9.01. The van der Waals surface area contributed by atoms with Gasteiger partial charge in [-0.3, -0.25) is 9.69 Å². The highest BCUT2D eigenvalue weighted by molar-refractivity contribution is 7.20. The van der Waals surface area contributed by atoms with Crippen molar-refractivity contribution in [2.75, 3.05) is 38.2 Å². The molecule has 0 saturated carbocycles. The summed E-state index contributed by atoms with van der Waals surface area (Å²) in [6.45, 7) is 5.19. The number of hydrogen-bond donors (Lipinski definition) is 4. The Labute approximate surface area is 211 Å². The summed E-state index contributed by atoms with van der Waals surface area (Å²) in [5.74, 6) is -2.13. The average molecular weight is 519 g/mol. The van der Waals surface area contributed by atoms with Gasteiger partial charge in [0.25, 0.3) is 5.91 Å². The van der Waals surface area contributed by atoms with Crippen LogP contribution < -0.4 is 11.1 Å². The van der Waals surface area contributed by atoms with Crippen LogP contribution in [0.2, 0.25) is 0 Å². The number of aromatic nitrogens is 1. The molecule has 0 unspecified atom stereocenters. The van der Waals surface area contributed by atoms with Crippen molar-refractivity contribution in [3.63, 3.8) is 0 Å². The number of nitrogens with zero attached hydrogens (tertiary/aromatic N) is 2. The molecule has 0 bridgehead atoms. The third-order valence-corrected chi connectivity index (χ3v) is 7.07. The number of aliphatic hydroxyl groups excluding tert-OH is 1. The van der Waals surface area contributed by atoms with Gasteiger partial charge < -0.3 is 26.0 Å². The monoisotopic (exact) mass is 518 g/mol. The maximum Gasteiger partial charge on any atom is 0.251 e. The Morgan fingerprint density at radius 1 is 1.25 bits per heavy atom. The van der Waals surface area contributed by atoms with Gasteiger partial charge in [-0.1, -0.05) is 6.07 Å². The number of carbonyl (C=O) groups is 1. The van der Waals surface area contributed by atoms with E-state index in [9.17, 15) is 23.8 Å². The molecule has 192 valence electrons. The van der Waals surface area contributed by atoms with Crippen LogP contribution in [0.3, 0.4) is 0 Å². The predicted molar refractivity (Wildman–Crippen MR) is 133 cm³/mol. The first-order valence-corrected chi connectivity index (χ1v) is 12.2. The van der Waals surface area contributed by atoms with Gasteiger partial charge in [0.1, 0.15) is 22.5 Å². The lowest BCUT2D eigenvalue weighted by Gasteiger charge is -2.33. The number of aliphatic hydroxyl groups is 2. The number of nitrogens with one attached hydrogen (secondary N) is 1. The molecule has 11 heteroatoms. The van der Waals surface area contributed by atoms with Gasteiger partial charge in [-0.05, 0) is 49.7 Å². The SMILES string of the molecule is CC(C)(O)c1cc(F)c(-c2cc(C(N)=O)c(Nc3cccc([C@@H](CO)N4CCOCC4)n3)s2)c(F)c1. The zero-order chi connectivity index (χ0) is 26.0. The molecule has 1 aliphatic rings. The van der Waals surface area contributed by atoms with Crippen LogP contribution in [-0.2, 0) is 10.3 Å². The molecule has 5 N–H and O–H groups in total. The summed E-state index contributed by atoms with van der Waals surface area (Å²) >= 11 is 0.955. The molecule has 1 amide bonds. The van der Waals surface area contributed by atoms with E-state index in [2.05, 4.69) is 15.2 Å². The minimum atomic E-state index is -1.43. The van der Waals surface area contributed by atoms with E-state index in [0.717, 1.165) is 23.5 Å². The number of halogens is 2. The molecule has 3 aromatic rings. The van der Waals surface area contributed by atoms with Crippen LogP contribution in [0.15, 0.2) is 36.4 Å². The maximum absolute atomic E-state index is 14.9. The third kappa shape index (κ3) is 5.55. The number of anilines is 2. The first kappa shape index (κ1) is 26.1. The van der Waals surface area contributed by atoms with Crippen molar-refractivity contribution >= 4 is 28.1 Å². The van der Waals surface area contributed by atoms with E-state index in [4.69, 9.17) is 10.5 Å². The summed E-state index contributed by atoms with van der Waals surface area (Å²) in [6, 6.07) is 8.38. The van der Waals surface area contributed by atoms with Crippen molar-refractivity contribution in [1.29, 1.82) is 0 Å². The number of carbonyl (C=O) groups excluding carboxylic acids is 1. The largest absolute Gasteiger partial charge is 0.394 e. The lowest BCUT2D eigenvalue weighted by atomic mass is 9.96. The van der Waals surface area contributed by atoms with Gasteiger partial charge in [0.2, 0.25) is 0 Å². The minimum Gasteiger partial charge on any atom is -0.394 e. The topological polar surface area (TPSA) is 121 Å². The van der Waals surface area contributed by atoms with Crippen LogP contribution in [-0.4, -0.2) is 58.9 Å². The van der Waals surface area contributed by atoms with E-state index in [1.165, 1.54) is 19.9 Å². The second-order valence-corrected chi connectivity index (χ2v) is 10.1. The van der Waals surface area contributed by atoms with E-state index in [1.807, 2.05) is 0 Å². The van der Waals surface area contributed by atoms with Gasteiger partial charge in [0.05, 0.1) is 48.3 Å². The van der Waals surface area contributed by atoms with E-state index in [1.54, 1.807) is 18.2 Å². The van der Waals surface area contributed by atoms with Crippen molar-refractivity contribution in [3.8, 4) is 10.4 Å². The Bertz CT molecular complexity index is 1230. The van der Waals surface area contributed by atoms with Gasteiger partial charge in [0, 0.05) is 18.0 Å². The van der Waals surface area contributed by atoms with E-state index < -0.39 is 23.1 Å². The Morgan fingerprint density at radius 3 is 2.50 bits per heavy atom.